The molecule has 2 fully saturated rings. The van der Waals surface area contributed by atoms with Crippen molar-refractivity contribution in [1.29, 1.82) is 0 Å². The van der Waals surface area contributed by atoms with Crippen molar-refractivity contribution in [2.24, 2.45) is 5.92 Å². The third-order valence-corrected chi connectivity index (χ3v) is 10.8. The Balaban J connectivity index is 1.10. The second kappa shape index (κ2) is 10.1. The molecular formula is C29H38N6O2S. The highest BCUT2D eigenvalue weighted by atomic mass is 32.1. The van der Waals surface area contributed by atoms with E-state index in [9.17, 15) is 9.59 Å². The number of hydrogen-bond acceptors (Lipinski definition) is 6. The van der Waals surface area contributed by atoms with Gasteiger partial charge in [-0.05, 0) is 75.5 Å². The summed E-state index contributed by atoms with van der Waals surface area (Å²) in [5.41, 5.74) is 4.48. The van der Waals surface area contributed by atoms with E-state index >= 15 is 0 Å². The smallest absolute Gasteiger partial charge is 0.255 e. The van der Waals surface area contributed by atoms with E-state index in [1.165, 1.54) is 41.0 Å². The number of H-pyrrole nitrogens is 1. The van der Waals surface area contributed by atoms with Gasteiger partial charge in [0.2, 0.25) is 0 Å². The van der Waals surface area contributed by atoms with E-state index in [1.54, 1.807) is 6.20 Å². The van der Waals surface area contributed by atoms with E-state index in [0.29, 0.717) is 42.6 Å². The van der Waals surface area contributed by atoms with Crippen molar-refractivity contribution in [3.63, 3.8) is 0 Å². The summed E-state index contributed by atoms with van der Waals surface area (Å²) in [5.74, 6) is 1.22. The molecule has 0 bridgehead atoms. The predicted octanol–water partition coefficient (Wildman–Crippen LogP) is 4.37. The molecule has 6 rings (SSSR count). The van der Waals surface area contributed by atoms with Crippen LogP contribution in [0.25, 0.3) is 0 Å². The van der Waals surface area contributed by atoms with Crippen LogP contribution in [0.15, 0.2) is 23.3 Å². The Morgan fingerprint density at radius 2 is 1.87 bits per heavy atom. The molecule has 0 unspecified atom stereocenters. The lowest BCUT2D eigenvalue weighted by Gasteiger charge is -2.46. The van der Waals surface area contributed by atoms with Gasteiger partial charge in [-0.15, -0.1) is 16.4 Å². The molecule has 1 N–H and O–H groups in total. The third-order valence-electron chi connectivity index (χ3n) is 9.29. The van der Waals surface area contributed by atoms with Crippen LogP contribution in [-0.4, -0.2) is 61.4 Å². The zero-order valence-corrected chi connectivity index (χ0v) is 23.7. The van der Waals surface area contributed by atoms with Crippen molar-refractivity contribution < 1.29 is 4.79 Å². The first-order valence-electron chi connectivity index (χ1n) is 14.0. The number of fused-ring (bicyclic) bond motifs is 1. The summed E-state index contributed by atoms with van der Waals surface area (Å²) in [6.07, 6.45) is 9.59. The number of nitrogens with zero attached hydrogens (tertiary/aromatic N) is 5. The number of aromatic amines is 1. The minimum absolute atomic E-state index is 0.0832. The van der Waals surface area contributed by atoms with E-state index in [1.807, 2.05) is 47.0 Å². The SMILES string of the molecule is Cc1cc(C)c(CN2CCc3sc([C@H](C)[C@H]4CC[C@H](N5CC(n6ccnn6)C5)CC4)c(C)c3C2=O)c(=O)[nH]1. The fraction of sp³-hybridized carbons (Fsp3) is 0.586. The molecule has 5 heterocycles. The van der Waals surface area contributed by atoms with Crippen LogP contribution in [-0.2, 0) is 13.0 Å². The third kappa shape index (κ3) is 4.53. The number of aryl methyl sites for hydroxylation is 2. The van der Waals surface area contributed by atoms with Gasteiger partial charge in [0.25, 0.3) is 11.5 Å². The molecule has 1 saturated carbocycles. The summed E-state index contributed by atoms with van der Waals surface area (Å²) in [7, 11) is 0. The van der Waals surface area contributed by atoms with Gasteiger partial charge in [0.15, 0.2) is 0 Å². The van der Waals surface area contributed by atoms with Gasteiger partial charge in [0.1, 0.15) is 0 Å². The van der Waals surface area contributed by atoms with E-state index in [-0.39, 0.29) is 11.5 Å². The highest BCUT2D eigenvalue weighted by molar-refractivity contribution is 7.12. The molecule has 8 nitrogen and oxygen atoms in total. The second-order valence-corrected chi connectivity index (χ2v) is 12.8. The van der Waals surface area contributed by atoms with Crippen LogP contribution in [0.3, 0.4) is 0 Å². The summed E-state index contributed by atoms with van der Waals surface area (Å²) >= 11 is 1.86. The van der Waals surface area contributed by atoms with Crippen molar-refractivity contribution >= 4 is 17.2 Å². The quantitative estimate of drug-likeness (QED) is 0.508. The van der Waals surface area contributed by atoms with Crippen LogP contribution in [0, 0.1) is 26.7 Å². The fourth-order valence-corrected chi connectivity index (χ4v) is 8.38. The first kappa shape index (κ1) is 25.5. The minimum atomic E-state index is -0.0832. The molecule has 1 amide bonds. The Hall–Kier alpha value is -2.78. The van der Waals surface area contributed by atoms with Gasteiger partial charge in [-0.3, -0.25) is 14.5 Å². The number of amides is 1. The van der Waals surface area contributed by atoms with Crippen LogP contribution in [0.2, 0.25) is 0 Å². The molecule has 1 aliphatic carbocycles. The number of thiophene rings is 1. The molecule has 9 heteroatoms. The van der Waals surface area contributed by atoms with Gasteiger partial charge >= 0.3 is 0 Å². The normalized spacial score (nSPS) is 23.4. The maximum absolute atomic E-state index is 13.6. The largest absolute Gasteiger partial charge is 0.334 e. The molecule has 2 aliphatic heterocycles. The lowest BCUT2D eigenvalue weighted by molar-refractivity contribution is 0.0263. The topological polar surface area (TPSA) is 87.1 Å². The Kier molecular flexibility index (Phi) is 6.76. The molecule has 3 aliphatic rings. The lowest BCUT2D eigenvalue weighted by Crippen LogP contribution is -2.53. The lowest BCUT2D eigenvalue weighted by atomic mass is 9.76. The van der Waals surface area contributed by atoms with Gasteiger partial charge < -0.3 is 9.88 Å². The monoisotopic (exact) mass is 534 g/mol. The maximum atomic E-state index is 13.6. The number of hydrogen-bond donors (Lipinski definition) is 1. The molecule has 1 saturated heterocycles. The van der Waals surface area contributed by atoms with Crippen molar-refractivity contribution in [2.75, 3.05) is 19.6 Å². The van der Waals surface area contributed by atoms with E-state index in [4.69, 9.17) is 0 Å². The van der Waals surface area contributed by atoms with Crippen molar-refractivity contribution in [1.82, 2.24) is 29.8 Å². The molecule has 0 spiro atoms. The molecule has 1 atom stereocenters. The molecule has 38 heavy (non-hydrogen) atoms. The predicted molar refractivity (Wildman–Crippen MR) is 149 cm³/mol. The summed E-state index contributed by atoms with van der Waals surface area (Å²) in [5, 5.41) is 8.11. The van der Waals surface area contributed by atoms with E-state index in [2.05, 4.69) is 34.0 Å². The molecular weight excluding hydrogens is 496 g/mol. The fourth-order valence-electron chi connectivity index (χ4n) is 6.95. The van der Waals surface area contributed by atoms with Crippen LogP contribution in [0.5, 0.6) is 0 Å². The van der Waals surface area contributed by atoms with Crippen molar-refractivity contribution in [2.45, 2.75) is 84.3 Å². The standard InChI is InChI=1S/C29H38N6O2S/c1-17-13-18(2)31-28(36)24(17)16-33-11-9-25-26(29(33)37)20(4)27(38-25)19(3)21-5-7-22(8-6-21)34-14-23(15-34)35-12-10-30-32-35/h10,12-13,19,21-23H,5-9,11,14-16H2,1-4H3,(H,31,36)/t19-,21-,22-/m1/s1. The van der Waals surface area contributed by atoms with Crippen molar-refractivity contribution in [3.05, 3.63) is 66.5 Å². The average molecular weight is 535 g/mol. The van der Waals surface area contributed by atoms with Gasteiger partial charge in [0, 0.05) is 59.3 Å². The number of likely N-dealkylation sites (tertiary alicyclic amines) is 1. The highest BCUT2D eigenvalue weighted by Crippen LogP contribution is 2.44. The zero-order valence-electron chi connectivity index (χ0n) is 22.9. The van der Waals surface area contributed by atoms with Gasteiger partial charge in [-0.1, -0.05) is 12.1 Å². The average Bonchev–Trinajstić information content (AvgIpc) is 3.50. The Morgan fingerprint density at radius 1 is 1.11 bits per heavy atom. The molecule has 202 valence electrons. The van der Waals surface area contributed by atoms with Crippen LogP contribution >= 0.6 is 11.3 Å². The summed E-state index contributed by atoms with van der Waals surface area (Å²) < 4.78 is 1.99. The van der Waals surface area contributed by atoms with Gasteiger partial charge in [0.05, 0.1) is 24.3 Å². The summed E-state index contributed by atoms with van der Waals surface area (Å²) in [6.45, 7) is 11.6. The minimum Gasteiger partial charge on any atom is -0.334 e. The molecule has 0 aromatic carbocycles. The zero-order chi connectivity index (χ0) is 26.6. The highest BCUT2D eigenvalue weighted by Gasteiger charge is 2.38. The van der Waals surface area contributed by atoms with Crippen LogP contribution in [0.1, 0.15) is 87.1 Å². The van der Waals surface area contributed by atoms with Crippen LogP contribution < -0.4 is 5.56 Å². The van der Waals surface area contributed by atoms with Crippen molar-refractivity contribution in [3.8, 4) is 0 Å². The first-order valence-corrected chi connectivity index (χ1v) is 14.8. The van der Waals surface area contributed by atoms with Crippen LogP contribution in [0.4, 0.5) is 0 Å². The number of carbonyl (C=O) groups is 1. The number of aromatic nitrogens is 4. The van der Waals surface area contributed by atoms with Gasteiger partial charge in [-0.25, -0.2) is 4.68 Å². The maximum Gasteiger partial charge on any atom is 0.255 e. The van der Waals surface area contributed by atoms with Gasteiger partial charge in [-0.2, -0.15) is 0 Å². The number of nitrogens with one attached hydrogen (secondary N) is 1. The van der Waals surface area contributed by atoms with E-state index in [0.717, 1.165) is 36.3 Å². The Labute approximate surface area is 228 Å². The Bertz CT molecular complexity index is 1380. The van der Waals surface area contributed by atoms with E-state index < -0.39 is 0 Å². The summed E-state index contributed by atoms with van der Waals surface area (Å²) in [6, 6.07) is 3.14. The Morgan fingerprint density at radius 3 is 2.55 bits per heavy atom. The summed E-state index contributed by atoms with van der Waals surface area (Å²) in [4.78, 5) is 36.2. The molecule has 3 aromatic heterocycles. The number of pyridine rings is 1. The second-order valence-electron chi connectivity index (χ2n) is 11.7. The molecule has 0 radical (unpaired) electrons. The number of rotatable bonds is 6. The number of carbonyl (C=O) groups excluding carboxylic acids is 1. The molecule has 3 aromatic rings. The first-order chi connectivity index (χ1) is 18.3.